The van der Waals surface area contributed by atoms with Crippen molar-refractivity contribution >= 4 is 11.6 Å². The molecule has 0 aliphatic heterocycles. The van der Waals surface area contributed by atoms with Gasteiger partial charge in [-0.05, 0) is 39.0 Å². The molecule has 2 aromatic rings. The smallest absolute Gasteiger partial charge is 0.263 e. The number of rotatable bonds is 7. The summed E-state index contributed by atoms with van der Waals surface area (Å²) in [6.07, 6.45) is 0.928. The first kappa shape index (κ1) is 21.8. The van der Waals surface area contributed by atoms with E-state index in [4.69, 9.17) is 4.74 Å². The Hall–Kier alpha value is -3.47. The monoisotopic (exact) mass is 403 g/mol. The Morgan fingerprint density at radius 1 is 1.24 bits per heavy atom. The number of nitriles is 1. The molecule has 8 heteroatoms. The van der Waals surface area contributed by atoms with E-state index in [-0.39, 0.29) is 5.57 Å². The van der Waals surface area contributed by atoms with Gasteiger partial charge in [-0.3, -0.25) is 4.79 Å². The number of benzene rings is 2. The lowest BCUT2D eigenvalue weighted by atomic mass is 10.0. The third kappa shape index (κ3) is 5.29. The molecule has 0 radical (unpaired) electrons. The second-order valence-corrected chi connectivity index (χ2v) is 6.21. The first-order valence-electron chi connectivity index (χ1n) is 8.83. The lowest BCUT2D eigenvalue weighted by Crippen LogP contribution is -2.28. The molecule has 0 saturated heterocycles. The van der Waals surface area contributed by atoms with Crippen molar-refractivity contribution in [1.29, 1.82) is 5.26 Å². The Morgan fingerprint density at radius 2 is 1.97 bits per heavy atom. The van der Waals surface area contributed by atoms with Gasteiger partial charge in [0.15, 0.2) is 17.5 Å². The number of carbonyl (C=O) groups excluding carboxylic acids is 1. The maximum atomic E-state index is 13.7. The van der Waals surface area contributed by atoms with E-state index in [2.05, 4.69) is 10.6 Å². The number of hydrogen-bond donors (Lipinski definition) is 2. The number of nitrogens with one attached hydrogen (secondary N) is 2. The lowest BCUT2D eigenvalue weighted by molar-refractivity contribution is -0.117. The van der Waals surface area contributed by atoms with Crippen LogP contribution < -0.4 is 15.4 Å². The van der Waals surface area contributed by atoms with Crippen molar-refractivity contribution in [2.24, 2.45) is 0 Å². The maximum absolute atomic E-state index is 13.7. The molecular weight excluding hydrogens is 383 g/mol. The van der Waals surface area contributed by atoms with E-state index in [1.54, 1.807) is 19.1 Å². The Morgan fingerprint density at radius 3 is 2.62 bits per heavy atom. The van der Waals surface area contributed by atoms with Gasteiger partial charge >= 0.3 is 0 Å². The largest absolute Gasteiger partial charge is 0.494 e. The van der Waals surface area contributed by atoms with Crippen molar-refractivity contribution < 1.29 is 22.7 Å². The molecule has 5 nitrogen and oxygen atoms in total. The average Bonchev–Trinajstić information content (AvgIpc) is 2.69. The fourth-order valence-electron chi connectivity index (χ4n) is 2.58. The number of nitrogens with zero attached hydrogens (tertiary/aromatic N) is 1. The van der Waals surface area contributed by atoms with Crippen LogP contribution >= 0.6 is 0 Å². The highest BCUT2D eigenvalue weighted by Gasteiger charge is 2.18. The highest BCUT2D eigenvalue weighted by Crippen LogP contribution is 2.27. The topological polar surface area (TPSA) is 74.1 Å². The molecule has 0 aromatic heterocycles. The lowest BCUT2D eigenvalue weighted by Gasteiger charge is -2.18. The molecule has 152 valence electrons. The predicted octanol–water partition coefficient (Wildman–Crippen LogP) is 4.51. The zero-order valence-electron chi connectivity index (χ0n) is 16.1. The van der Waals surface area contributed by atoms with Gasteiger partial charge in [0.25, 0.3) is 5.91 Å². The molecule has 2 aromatic carbocycles. The molecule has 0 aliphatic carbocycles. The van der Waals surface area contributed by atoms with Crippen molar-refractivity contribution in [3.8, 4) is 11.8 Å². The molecule has 0 spiro atoms. The van der Waals surface area contributed by atoms with Crippen LogP contribution in [-0.4, -0.2) is 12.5 Å². The van der Waals surface area contributed by atoms with Crippen molar-refractivity contribution in [1.82, 2.24) is 5.32 Å². The van der Waals surface area contributed by atoms with Crippen LogP contribution in [0.1, 0.15) is 31.0 Å². The van der Waals surface area contributed by atoms with Crippen LogP contribution in [0.5, 0.6) is 5.75 Å². The minimum absolute atomic E-state index is 0.369. The Balaban J connectivity index is 2.18. The number of aryl methyl sites for hydroxylation is 1. The van der Waals surface area contributed by atoms with Gasteiger partial charge in [-0.25, -0.2) is 13.2 Å². The predicted molar refractivity (Wildman–Crippen MR) is 103 cm³/mol. The fourth-order valence-corrected chi connectivity index (χ4v) is 2.58. The van der Waals surface area contributed by atoms with Crippen molar-refractivity contribution in [2.45, 2.75) is 26.8 Å². The van der Waals surface area contributed by atoms with Gasteiger partial charge in [-0.2, -0.15) is 5.26 Å². The first-order chi connectivity index (χ1) is 13.8. The van der Waals surface area contributed by atoms with Crippen LogP contribution in [0.4, 0.5) is 18.9 Å². The number of hydrogen-bond acceptors (Lipinski definition) is 4. The summed E-state index contributed by atoms with van der Waals surface area (Å²) in [5, 5.41) is 14.2. The summed E-state index contributed by atoms with van der Waals surface area (Å²) in [6, 6.07) is 8.43. The zero-order chi connectivity index (χ0) is 21.6. The van der Waals surface area contributed by atoms with Gasteiger partial charge in [0, 0.05) is 11.8 Å². The van der Waals surface area contributed by atoms with E-state index in [0.29, 0.717) is 12.4 Å². The summed E-state index contributed by atoms with van der Waals surface area (Å²) >= 11 is 0. The van der Waals surface area contributed by atoms with Crippen LogP contribution in [-0.2, 0) is 4.79 Å². The Kier molecular flexibility index (Phi) is 7.26. The quantitative estimate of drug-likeness (QED) is 0.405. The zero-order valence-corrected chi connectivity index (χ0v) is 16.1. The minimum Gasteiger partial charge on any atom is -0.494 e. The molecule has 29 heavy (non-hydrogen) atoms. The molecule has 1 atom stereocenters. The summed E-state index contributed by atoms with van der Waals surface area (Å²) in [6.45, 7) is 5.91. The number of carbonyl (C=O) groups is 1. The van der Waals surface area contributed by atoms with E-state index in [9.17, 15) is 23.2 Å². The Bertz CT molecular complexity index is 984. The van der Waals surface area contributed by atoms with Crippen LogP contribution in [0, 0.1) is 35.7 Å². The molecule has 0 fully saturated rings. The number of anilines is 1. The second kappa shape index (κ2) is 9.64. The van der Waals surface area contributed by atoms with E-state index in [0.717, 1.165) is 29.5 Å². The van der Waals surface area contributed by atoms with Crippen molar-refractivity contribution in [2.75, 3.05) is 11.9 Å². The van der Waals surface area contributed by atoms with E-state index in [1.165, 1.54) is 0 Å². The molecule has 0 heterocycles. The first-order valence-corrected chi connectivity index (χ1v) is 8.83. The Labute approximate surface area is 166 Å². The molecule has 2 rings (SSSR count). The molecule has 0 bridgehead atoms. The van der Waals surface area contributed by atoms with Crippen molar-refractivity contribution in [3.63, 3.8) is 0 Å². The molecular formula is C21H20F3N3O2. The average molecular weight is 403 g/mol. The molecule has 2 N–H and O–H groups in total. The highest BCUT2D eigenvalue weighted by atomic mass is 19.2. The standard InChI is InChI=1S/C21H20F3N3O2/c1-4-29-18-8-5-12(2)9-15(18)13(3)27-21(28)14(10-25)11-26-17-7-6-16(22)19(23)20(17)24/h5-9,11,13,26H,4H2,1-3H3,(H,27,28)/b14-11-. The van der Waals surface area contributed by atoms with E-state index in [1.807, 2.05) is 26.0 Å². The highest BCUT2D eigenvalue weighted by molar-refractivity contribution is 5.97. The van der Waals surface area contributed by atoms with E-state index < -0.39 is 35.1 Å². The number of ether oxygens (including phenoxy) is 1. The summed E-state index contributed by atoms with van der Waals surface area (Å²) in [5.41, 5.74) is 0.926. The number of halogens is 3. The minimum atomic E-state index is -1.65. The molecule has 0 saturated carbocycles. The van der Waals surface area contributed by atoms with E-state index >= 15 is 0 Å². The van der Waals surface area contributed by atoms with Crippen LogP contribution in [0.25, 0.3) is 0 Å². The van der Waals surface area contributed by atoms with Gasteiger partial charge < -0.3 is 15.4 Å². The van der Waals surface area contributed by atoms with Gasteiger partial charge in [-0.1, -0.05) is 17.7 Å². The summed E-state index contributed by atoms with van der Waals surface area (Å²) in [4.78, 5) is 12.4. The number of amides is 1. The van der Waals surface area contributed by atoms with Crippen LogP contribution in [0.3, 0.4) is 0 Å². The molecule has 0 aliphatic rings. The molecule has 1 unspecified atom stereocenters. The summed E-state index contributed by atoms with van der Waals surface area (Å²) in [5.74, 6) is -4.56. The second-order valence-electron chi connectivity index (χ2n) is 6.21. The van der Waals surface area contributed by atoms with Gasteiger partial charge in [-0.15, -0.1) is 0 Å². The van der Waals surface area contributed by atoms with Crippen molar-refractivity contribution in [3.05, 3.63) is 70.7 Å². The van der Waals surface area contributed by atoms with Crippen LogP contribution in [0.2, 0.25) is 0 Å². The summed E-state index contributed by atoms with van der Waals surface area (Å²) in [7, 11) is 0. The van der Waals surface area contributed by atoms with Gasteiger partial charge in [0.05, 0.1) is 18.3 Å². The van der Waals surface area contributed by atoms with Gasteiger partial charge in [0.1, 0.15) is 17.4 Å². The third-order valence-corrected chi connectivity index (χ3v) is 4.05. The van der Waals surface area contributed by atoms with Crippen LogP contribution in [0.15, 0.2) is 42.1 Å². The third-order valence-electron chi connectivity index (χ3n) is 4.05. The normalized spacial score (nSPS) is 12.1. The SMILES string of the molecule is CCOc1ccc(C)cc1C(C)NC(=O)/C(C#N)=C\Nc1ccc(F)c(F)c1F. The maximum Gasteiger partial charge on any atom is 0.263 e. The molecule has 1 amide bonds. The fraction of sp³-hybridized carbons (Fsp3) is 0.238. The summed E-state index contributed by atoms with van der Waals surface area (Å²) < 4.78 is 45.5. The van der Waals surface area contributed by atoms with Gasteiger partial charge in [0.2, 0.25) is 0 Å².